The lowest BCUT2D eigenvalue weighted by atomic mass is 9.98. The fourth-order valence-electron chi connectivity index (χ4n) is 5.21. The summed E-state index contributed by atoms with van der Waals surface area (Å²) < 4.78 is 41.1. The third kappa shape index (κ3) is 7.69. The number of benzene rings is 4. The summed E-state index contributed by atoms with van der Waals surface area (Å²) in [6, 6.07) is 32.4. The molecule has 1 aliphatic heterocycles. The number of hydrogen-bond acceptors (Lipinski definition) is 7. The van der Waals surface area contributed by atoms with Gasteiger partial charge in [-0.05, 0) is 54.9 Å². The number of rotatable bonds is 11. The van der Waals surface area contributed by atoms with Gasteiger partial charge in [0.15, 0.2) is 6.29 Å². The molecule has 3 N–H and O–H groups in total. The predicted octanol–water partition coefficient (Wildman–Crippen LogP) is 5.58. The lowest BCUT2D eigenvalue weighted by Gasteiger charge is -2.39. The predicted molar refractivity (Wildman–Crippen MR) is 166 cm³/mol. The number of ether oxygens (including phenoxy) is 2. The van der Waals surface area contributed by atoms with Gasteiger partial charge in [0.1, 0.15) is 0 Å². The molecule has 0 unspecified atom stereocenters. The highest BCUT2D eigenvalue weighted by atomic mass is 32.2. The van der Waals surface area contributed by atoms with Crippen LogP contribution in [0.1, 0.15) is 54.1 Å². The van der Waals surface area contributed by atoms with E-state index >= 15 is 0 Å². The van der Waals surface area contributed by atoms with Crippen molar-refractivity contribution in [2.45, 2.75) is 55.5 Å². The summed E-state index contributed by atoms with van der Waals surface area (Å²) in [7, 11) is -1.74. The summed E-state index contributed by atoms with van der Waals surface area (Å²) in [4.78, 5) is 2.28. The van der Waals surface area contributed by atoms with Crippen molar-refractivity contribution in [2.24, 2.45) is 0 Å². The lowest BCUT2D eigenvalue weighted by molar-refractivity contribution is -0.253. The van der Waals surface area contributed by atoms with E-state index in [1.807, 2.05) is 68.6 Å². The highest BCUT2D eigenvalue weighted by molar-refractivity contribution is 7.92. The number of likely N-dealkylation sites (N-methyl/N-ethyl adjacent to an activating group) is 1. The smallest absolute Gasteiger partial charge is 0.261 e. The minimum Gasteiger partial charge on any atom is -0.392 e. The summed E-state index contributed by atoms with van der Waals surface area (Å²) in [5, 5.41) is 20.5. The van der Waals surface area contributed by atoms with Gasteiger partial charge in [0.25, 0.3) is 10.0 Å². The first-order valence-corrected chi connectivity index (χ1v) is 15.8. The van der Waals surface area contributed by atoms with Crippen LogP contribution in [-0.2, 0) is 26.1 Å². The molecule has 0 spiro atoms. The Bertz CT molecular complexity index is 1550. The Kier molecular flexibility index (Phi) is 9.92. The first kappa shape index (κ1) is 30.9. The number of aliphatic hydroxyl groups excluding tert-OH is 2. The van der Waals surface area contributed by atoms with Crippen LogP contribution in [0, 0.1) is 0 Å². The summed E-state index contributed by atoms with van der Waals surface area (Å²) in [6.45, 7) is 2.52. The summed E-state index contributed by atoms with van der Waals surface area (Å²) in [5.74, 6) is 0. The quantitative estimate of drug-likeness (QED) is 0.206. The van der Waals surface area contributed by atoms with Gasteiger partial charge in [0.05, 0.1) is 29.8 Å². The Morgan fingerprint density at radius 3 is 2.09 bits per heavy atom. The van der Waals surface area contributed by atoms with Crippen molar-refractivity contribution in [1.82, 2.24) is 4.90 Å². The fraction of sp³-hybridized carbons (Fsp3) is 0.294. The third-order valence-corrected chi connectivity index (χ3v) is 9.29. The molecular weight excluding hydrogens is 564 g/mol. The van der Waals surface area contributed by atoms with Gasteiger partial charge >= 0.3 is 0 Å². The Hall–Kier alpha value is -3.57. The van der Waals surface area contributed by atoms with Gasteiger partial charge in [-0.25, -0.2) is 8.42 Å². The fourth-order valence-corrected chi connectivity index (χ4v) is 6.29. The lowest BCUT2D eigenvalue weighted by Crippen LogP contribution is -2.43. The van der Waals surface area contributed by atoms with E-state index in [4.69, 9.17) is 9.47 Å². The third-order valence-electron chi connectivity index (χ3n) is 7.89. The number of sulfonamides is 1. The van der Waals surface area contributed by atoms with E-state index in [0.717, 1.165) is 22.3 Å². The Labute approximate surface area is 253 Å². The number of nitrogens with zero attached hydrogens (tertiary/aromatic N) is 1. The maximum absolute atomic E-state index is 12.8. The van der Waals surface area contributed by atoms with Crippen LogP contribution in [0.15, 0.2) is 114 Å². The monoisotopic (exact) mass is 602 g/mol. The summed E-state index contributed by atoms with van der Waals surface area (Å²) in [6.07, 6.45) is -1.23. The standard InChI is InChI=1S/C34H38N2O6S/c1-24(33(38)27-9-5-3-6-10-27)36(2)22-30-21-32(26-15-13-25(23-37)14-16-26)42-34(41-30)28-17-19-29(20-18-28)35-43(39,40)31-11-7-4-8-12-31/h3-20,24,30,32-35,37-38H,21-23H2,1-2H3/t24-,30+,32-,33-,34-/m1/s1. The van der Waals surface area contributed by atoms with E-state index in [9.17, 15) is 18.6 Å². The SMILES string of the molecule is C[C@H]([C@@H](O)c1ccccc1)N(C)C[C@@H]1C[C@H](c2ccc(CO)cc2)O[C@H](c2ccc(NS(=O)(=O)c3ccccc3)cc2)O1. The van der Waals surface area contributed by atoms with Gasteiger partial charge in [-0.1, -0.05) is 84.9 Å². The highest BCUT2D eigenvalue weighted by Crippen LogP contribution is 2.39. The van der Waals surface area contributed by atoms with Crippen LogP contribution in [-0.4, -0.2) is 49.3 Å². The Morgan fingerprint density at radius 2 is 1.47 bits per heavy atom. The van der Waals surface area contributed by atoms with Crippen LogP contribution in [0.5, 0.6) is 0 Å². The number of hydrogen-bond donors (Lipinski definition) is 3. The largest absolute Gasteiger partial charge is 0.392 e. The molecule has 5 atom stereocenters. The highest BCUT2D eigenvalue weighted by Gasteiger charge is 2.34. The average Bonchev–Trinajstić information content (AvgIpc) is 3.05. The minimum absolute atomic E-state index is 0.0348. The second kappa shape index (κ2) is 13.8. The van der Waals surface area contributed by atoms with Crippen molar-refractivity contribution >= 4 is 15.7 Å². The molecule has 226 valence electrons. The molecule has 1 aliphatic rings. The van der Waals surface area contributed by atoms with Crippen LogP contribution in [0.3, 0.4) is 0 Å². The average molecular weight is 603 g/mol. The van der Waals surface area contributed by atoms with Gasteiger partial charge in [0, 0.05) is 30.3 Å². The van der Waals surface area contributed by atoms with Crippen LogP contribution < -0.4 is 4.72 Å². The molecule has 43 heavy (non-hydrogen) atoms. The van der Waals surface area contributed by atoms with E-state index in [1.165, 1.54) is 0 Å². The number of anilines is 1. The van der Waals surface area contributed by atoms with Gasteiger partial charge < -0.3 is 19.7 Å². The summed E-state index contributed by atoms with van der Waals surface area (Å²) >= 11 is 0. The summed E-state index contributed by atoms with van der Waals surface area (Å²) in [5.41, 5.74) is 3.84. The molecule has 1 saturated heterocycles. The van der Waals surface area contributed by atoms with Crippen molar-refractivity contribution in [2.75, 3.05) is 18.3 Å². The molecule has 0 saturated carbocycles. The number of aliphatic hydroxyl groups is 2. The topological polar surface area (TPSA) is 108 Å². The van der Waals surface area contributed by atoms with E-state index in [-0.39, 0.29) is 29.8 Å². The first-order chi connectivity index (χ1) is 20.7. The Balaban J connectivity index is 1.33. The first-order valence-electron chi connectivity index (χ1n) is 14.3. The zero-order chi connectivity index (χ0) is 30.4. The normalized spacial score (nSPS) is 20.4. The maximum atomic E-state index is 12.8. The van der Waals surface area contributed by atoms with Gasteiger partial charge in [0.2, 0.25) is 0 Å². The van der Waals surface area contributed by atoms with Crippen LogP contribution >= 0.6 is 0 Å². The van der Waals surface area contributed by atoms with E-state index < -0.39 is 22.4 Å². The van der Waals surface area contributed by atoms with Gasteiger partial charge in [-0.3, -0.25) is 9.62 Å². The van der Waals surface area contributed by atoms with Crippen molar-refractivity contribution < 1.29 is 28.1 Å². The van der Waals surface area contributed by atoms with Gasteiger partial charge in [-0.15, -0.1) is 0 Å². The molecule has 0 amide bonds. The molecular formula is C34H38N2O6S. The van der Waals surface area contributed by atoms with Gasteiger partial charge in [-0.2, -0.15) is 0 Å². The molecule has 0 aliphatic carbocycles. The molecule has 1 fully saturated rings. The second-order valence-electron chi connectivity index (χ2n) is 10.9. The molecule has 5 rings (SSSR count). The molecule has 0 radical (unpaired) electrons. The van der Waals surface area contributed by atoms with Crippen LogP contribution in [0.25, 0.3) is 0 Å². The molecule has 4 aromatic rings. The van der Waals surface area contributed by atoms with E-state index in [0.29, 0.717) is 18.7 Å². The molecule has 8 nitrogen and oxygen atoms in total. The van der Waals surface area contributed by atoms with Crippen molar-refractivity contribution in [3.63, 3.8) is 0 Å². The Morgan fingerprint density at radius 1 is 0.860 bits per heavy atom. The molecule has 1 heterocycles. The zero-order valence-electron chi connectivity index (χ0n) is 24.3. The molecule has 0 bridgehead atoms. The molecule has 0 aromatic heterocycles. The number of nitrogens with one attached hydrogen (secondary N) is 1. The maximum Gasteiger partial charge on any atom is 0.261 e. The second-order valence-corrected chi connectivity index (χ2v) is 12.6. The van der Waals surface area contributed by atoms with Crippen molar-refractivity contribution in [3.05, 3.63) is 131 Å². The minimum atomic E-state index is -3.72. The van der Waals surface area contributed by atoms with Crippen LogP contribution in [0.4, 0.5) is 5.69 Å². The zero-order valence-corrected chi connectivity index (χ0v) is 25.1. The van der Waals surface area contributed by atoms with Crippen molar-refractivity contribution in [3.8, 4) is 0 Å². The molecule has 4 aromatic carbocycles. The van der Waals surface area contributed by atoms with Crippen LogP contribution in [0.2, 0.25) is 0 Å². The van der Waals surface area contributed by atoms with E-state index in [2.05, 4.69) is 9.62 Å². The van der Waals surface area contributed by atoms with Crippen molar-refractivity contribution in [1.29, 1.82) is 0 Å². The van der Waals surface area contributed by atoms with E-state index in [1.54, 1.807) is 54.6 Å². The molecule has 9 heteroatoms.